The maximum Gasteiger partial charge on any atom is 0.302 e. The molecule has 0 spiro atoms. The van der Waals surface area contributed by atoms with E-state index >= 15 is 0 Å². The molecule has 0 aromatic carbocycles. The van der Waals surface area contributed by atoms with Crippen LogP contribution in [-0.2, 0) is 14.3 Å². The second-order valence-corrected chi connectivity index (χ2v) is 9.33. The van der Waals surface area contributed by atoms with Gasteiger partial charge in [-0.25, -0.2) is 0 Å². The van der Waals surface area contributed by atoms with Crippen LogP contribution in [0, 0.1) is 28.6 Å². The number of esters is 1. The van der Waals surface area contributed by atoms with Gasteiger partial charge in [-0.1, -0.05) is 13.8 Å². The molecule has 0 aromatic heterocycles. The van der Waals surface area contributed by atoms with Gasteiger partial charge in [0, 0.05) is 18.8 Å². The fraction of sp³-hybridized carbons (Fsp3) is 0.810. The largest absolute Gasteiger partial charge is 0.462 e. The quantitative estimate of drug-likeness (QED) is 0.739. The van der Waals surface area contributed by atoms with Crippen molar-refractivity contribution >= 4 is 11.8 Å². The number of fused-ring (bicyclic) bond motifs is 5. The van der Waals surface area contributed by atoms with Crippen molar-refractivity contribution in [3.8, 4) is 0 Å². The Kier molecular flexibility index (Phi) is 3.91. The van der Waals surface area contributed by atoms with Gasteiger partial charge in [0.05, 0.1) is 6.10 Å². The number of carbonyl (C=O) groups excluding carboxylic acids is 2. The number of carbonyl (C=O) groups is 2. The molecule has 4 rings (SSSR count). The predicted molar refractivity (Wildman–Crippen MR) is 93.7 cm³/mol. The molecule has 138 valence electrons. The average Bonchev–Trinajstić information content (AvgIpc) is 2.86. The van der Waals surface area contributed by atoms with E-state index in [-0.39, 0.29) is 28.7 Å². The van der Waals surface area contributed by atoms with Crippen LogP contribution < -0.4 is 0 Å². The maximum absolute atomic E-state index is 11.9. The zero-order valence-corrected chi connectivity index (χ0v) is 15.6. The third kappa shape index (κ3) is 2.43. The van der Waals surface area contributed by atoms with Gasteiger partial charge in [0.2, 0.25) is 0 Å². The molecule has 0 bridgehead atoms. The van der Waals surface area contributed by atoms with Gasteiger partial charge in [-0.05, 0) is 73.3 Å². The third-order valence-corrected chi connectivity index (χ3v) is 8.20. The molecule has 25 heavy (non-hydrogen) atoms. The Balaban J connectivity index is 1.66. The summed E-state index contributed by atoms with van der Waals surface area (Å²) in [7, 11) is 0. The molecule has 0 aromatic rings. The summed E-state index contributed by atoms with van der Waals surface area (Å²) < 4.78 is 5.68. The molecular formula is C21H30O4. The van der Waals surface area contributed by atoms with Gasteiger partial charge in [0.15, 0.2) is 5.78 Å². The molecule has 7 atom stereocenters. The lowest BCUT2D eigenvalue weighted by Gasteiger charge is -2.58. The normalized spacial score (nSPS) is 48.9. The van der Waals surface area contributed by atoms with Crippen molar-refractivity contribution in [3.63, 3.8) is 0 Å². The summed E-state index contributed by atoms with van der Waals surface area (Å²) in [6.45, 7) is 6.06. The molecule has 3 saturated carbocycles. The number of aliphatic hydroxyl groups is 1. The Morgan fingerprint density at radius 2 is 1.96 bits per heavy atom. The zero-order chi connectivity index (χ0) is 18.0. The van der Waals surface area contributed by atoms with Crippen LogP contribution in [0.15, 0.2) is 11.6 Å². The number of hydrogen-bond acceptors (Lipinski definition) is 4. The summed E-state index contributed by atoms with van der Waals surface area (Å²) in [5.74, 6) is 1.48. The molecular weight excluding hydrogens is 316 g/mol. The van der Waals surface area contributed by atoms with Crippen LogP contribution in [0.2, 0.25) is 0 Å². The Labute approximate surface area is 150 Å². The number of aliphatic hydroxyl groups excluding tert-OH is 1. The van der Waals surface area contributed by atoms with E-state index < -0.39 is 6.10 Å². The number of rotatable bonds is 1. The second-order valence-electron chi connectivity index (χ2n) is 9.33. The minimum Gasteiger partial charge on any atom is -0.462 e. The van der Waals surface area contributed by atoms with Crippen LogP contribution in [0.25, 0.3) is 0 Å². The topological polar surface area (TPSA) is 63.6 Å². The molecule has 0 saturated heterocycles. The molecule has 0 amide bonds. The van der Waals surface area contributed by atoms with Crippen LogP contribution >= 0.6 is 0 Å². The molecule has 0 heterocycles. The van der Waals surface area contributed by atoms with E-state index in [1.807, 2.05) is 0 Å². The summed E-state index contributed by atoms with van der Waals surface area (Å²) in [6.07, 6.45) is 7.69. The minimum absolute atomic E-state index is 0.0192. The van der Waals surface area contributed by atoms with Crippen molar-refractivity contribution in [1.29, 1.82) is 0 Å². The number of ketones is 1. The molecule has 4 heteroatoms. The molecule has 0 unspecified atom stereocenters. The van der Waals surface area contributed by atoms with Gasteiger partial charge in [0.25, 0.3) is 0 Å². The first kappa shape index (κ1) is 17.3. The third-order valence-electron chi connectivity index (χ3n) is 8.20. The Morgan fingerprint density at radius 3 is 2.68 bits per heavy atom. The van der Waals surface area contributed by atoms with E-state index in [4.69, 9.17) is 4.74 Å². The number of ether oxygens (including phenoxy) is 1. The predicted octanol–water partition coefficient (Wildman–Crippen LogP) is 3.42. The van der Waals surface area contributed by atoms with Gasteiger partial charge in [-0.2, -0.15) is 0 Å². The zero-order valence-electron chi connectivity index (χ0n) is 15.6. The van der Waals surface area contributed by atoms with Crippen LogP contribution in [0.5, 0.6) is 0 Å². The average molecular weight is 346 g/mol. The van der Waals surface area contributed by atoms with Crippen LogP contribution in [0.4, 0.5) is 0 Å². The first-order chi connectivity index (χ1) is 11.8. The molecule has 0 radical (unpaired) electrons. The van der Waals surface area contributed by atoms with Gasteiger partial charge < -0.3 is 9.84 Å². The van der Waals surface area contributed by atoms with E-state index in [1.165, 1.54) is 6.92 Å². The summed E-state index contributed by atoms with van der Waals surface area (Å²) in [4.78, 5) is 23.4. The minimum atomic E-state index is -0.495. The lowest BCUT2D eigenvalue weighted by molar-refractivity contribution is -0.158. The lowest BCUT2D eigenvalue weighted by atomic mass is 9.47. The van der Waals surface area contributed by atoms with Gasteiger partial charge in [-0.3, -0.25) is 9.59 Å². The van der Waals surface area contributed by atoms with Crippen molar-refractivity contribution in [3.05, 3.63) is 11.6 Å². The highest BCUT2D eigenvalue weighted by molar-refractivity contribution is 5.91. The van der Waals surface area contributed by atoms with Crippen molar-refractivity contribution < 1.29 is 19.4 Å². The van der Waals surface area contributed by atoms with Crippen molar-refractivity contribution in [2.24, 2.45) is 28.6 Å². The van der Waals surface area contributed by atoms with Crippen LogP contribution in [-0.4, -0.2) is 29.1 Å². The van der Waals surface area contributed by atoms with E-state index in [0.717, 1.165) is 44.1 Å². The summed E-state index contributed by atoms with van der Waals surface area (Å²) in [6, 6.07) is 0. The van der Waals surface area contributed by atoms with Crippen LogP contribution in [0.1, 0.15) is 65.7 Å². The summed E-state index contributed by atoms with van der Waals surface area (Å²) in [5, 5.41) is 10.8. The standard InChI is InChI=1S/C21H30O4/c1-12(22)25-19-5-4-15-14-11-18(24)17-10-13(23)6-8-20(17,2)16(14)7-9-21(15,19)3/h10,14-16,18-19,24H,4-9,11H2,1-3H3/t14-,15-,16-,18+,19-,20+,21-/m1/s1. The molecule has 4 aliphatic rings. The first-order valence-electron chi connectivity index (χ1n) is 9.86. The Morgan fingerprint density at radius 1 is 1.20 bits per heavy atom. The molecule has 4 nitrogen and oxygen atoms in total. The molecule has 0 aliphatic heterocycles. The Bertz CT molecular complexity index is 638. The van der Waals surface area contributed by atoms with Gasteiger partial charge in [-0.15, -0.1) is 0 Å². The second kappa shape index (κ2) is 5.67. The highest BCUT2D eigenvalue weighted by atomic mass is 16.5. The van der Waals surface area contributed by atoms with Crippen molar-refractivity contribution in [2.75, 3.05) is 0 Å². The van der Waals surface area contributed by atoms with Gasteiger partial charge >= 0.3 is 5.97 Å². The highest BCUT2D eigenvalue weighted by Gasteiger charge is 2.61. The molecule has 3 fully saturated rings. The van der Waals surface area contributed by atoms with E-state index in [0.29, 0.717) is 24.2 Å². The van der Waals surface area contributed by atoms with Gasteiger partial charge in [0.1, 0.15) is 6.10 Å². The number of hydrogen-bond donors (Lipinski definition) is 1. The Hall–Kier alpha value is -1.16. The molecule has 1 N–H and O–H groups in total. The fourth-order valence-corrected chi connectivity index (χ4v) is 6.95. The van der Waals surface area contributed by atoms with Crippen molar-refractivity contribution in [2.45, 2.75) is 77.9 Å². The van der Waals surface area contributed by atoms with Crippen molar-refractivity contribution in [1.82, 2.24) is 0 Å². The lowest BCUT2D eigenvalue weighted by Crippen LogP contribution is -2.54. The fourth-order valence-electron chi connectivity index (χ4n) is 6.95. The highest BCUT2D eigenvalue weighted by Crippen LogP contribution is 2.65. The first-order valence-corrected chi connectivity index (χ1v) is 9.86. The van der Waals surface area contributed by atoms with Crippen LogP contribution in [0.3, 0.4) is 0 Å². The van der Waals surface area contributed by atoms with E-state index in [2.05, 4.69) is 13.8 Å². The van der Waals surface area contributed by atoms with E-state index in [9.17, 15) is 14.7 Å². The monoisotopic (exact) mass is 346 g/mol. The smallest absolute Gasteiger partial charge is 0.302 e. The summed E-state index contributed by atoms with van der Waals surface area (Å²) >= 11 is 0. The summed E-state index contributed by atoms with van der Waals surface area (Å²) in [5.41, 5.74) is 0.981. The SMILES string of the molecule is CC(=O)O[C@@H]1CC[C@@H]2[C@H]3C[C@H](O)C4=CC(=O)CC[C@@]4(C)[C@@H]3CC[C@]21C. The molecule has 4 aliphatic carbocycles. The maximum atomic E-state index is 11.9. The van der Waals surface area contributed by atoms with E-state index in [1.54, 1.807) is 6.08 Å².